The molecule has 276 valence electrons. The number of ether oxygens (including phenoxy) is 2. The lowest BCUT2D eigenvalue weighted by Crippen LogP contribution is -2.29. The minimum Gasteiger partial charge on any atom is -0.423 e. The highest BCUT2D eigenvalue weighted by Crippen LogP contribution is 2.33. The molecule has 0 fully saturated rings. The second kappa shape index (κ2) is 15.7. The van der Waals surface area contributed by atoms with Gasteiger partial charge in [0.05, 0.1) is 0 Å². The standard InChI is InChI=1S/C14H7ClF5N3O.C7H6BF3O3.C7H3BrClF2N3/c15-13(16,17)12-22-21-11-6-3-9(7-23(11)12)8-1-4-10(5-2-8)24-14(18,19)20;9-7(10,11)14-6-3-1-5(2-4-6)8(12)13;8-4-1-2-5-12-13-6(7(9,10)11)14(5)3-4/h1-7H;1-4,12-13H;1-3H. The fraction of sp³-hybridized carbons (Fsp3) is 0.143. The summed E-state index contributed by atoms with van der Waals surface area (Å²) in [4.78, 5) is 0. The van der Waals surface area contributed by atoms with Gasteiger partial charge in [-0.1, -0.05) is 24.3 Å². The molecular weight excluding hydrogens is 836 g/mol. The van der Waals surface area contributed by atoms with E-state index in [0.29, 0.717) is 21.2 Å². The van der Waals surface area contributed by atoms with Gasteiger partial charge in [-0.05, 0) is 104 Å². The Hall–Kier alpha value is -4.38. The minimum atomic E-state index is -4.79. The lowest BCUT2D eigenvalue weighted by atomic mass is 9.80. The van der Waals surface area contributed by atoms with Gasteiger partial charge in [-0.25, -0.2) is 0 Å². The Kier molecular flexibility index (Phi) is 12.2. The van der Waals surface area contributed by atoms with Crippen molar-refractivity contribution >= 4 is 63.0 Å². The third-order valence-corrected chi connectivity index (χ3v) is 6.92. The molecule has 2 aromatic carbocycles. The zero-order chi connectivity index (χ0) is 38.6. The van der Waals surface area contributed by atoms with Crippen LogP contribution in [0, 0.1) is 0 Å². The number of rotatable bonds is 6. The summed E-state index contributed by atoms with van der Waals surface area (Å²) in [6.45, 7) is 0. The Morgan fingerprint density at radius 2 is 0.962 bits per heavy atom. The van der Waals surface area contributed by atoms with E-state index in [4.69, 9.17) is 33.2 Å². The third kappa shape index (κ3) is 11.3. The summed E-state index contributed by atoms with van der Waals surface area (Å²) < 4.78 is 134. The van der Waals surface area contributed by atoms with Crippen LogP contribution in [0.3, 0.4) is 0 Å². The van der Waals surface area contributed by atoms with Gasteiger partial charge >= 0.3 is 30.6 Å². The molecule has 4 aromatic heterocycles. The van der Waals surface area contributed by atoms with Gasteiger partial charge < -0.3 is 19.5 Å². The summed E-state index contributed by atoms with van der Waals surface area (Å²) in [6.07, 6.45) is -6.77. The molecule has 0 bridgehead atoms. The van der Waals surface area contributed by atoms with Crippen LogP contribution in [0.1, 0.15) is 11.6 Å². The molecule has 6 aromatic rings. The first-order chi connectivity index (χ1) is 24.0. The number of hydrogen-bond acceptors (Lipinski definition) is 8. The monoisotopic (exact) mass is 850 g/mol. The molecular formula is C28H16BBrCl2F10N6O4. The maximum absolute atomic E-state index is 13.3. The molecule has 0 spiro atoms. The first kappa shape index (κ1) is 40.4. The molecule has 0 unspecified atom stereocenters. The van der Waals surface area contributed by atoms with E-state index in [0.717, 1.165) is 45.2 Å². The highest BCUT2D eigenvalue weighted by molar-refractivity contribution is 9.10. The smallest absolute Gasteiger partial charge is 0.423 e. The predicted molar refractivity (Wildman–Crippen MR) is 168 cm³/mol. The van der Waals surface area contributed by atoms with E-state index >= 15 is 0 Å². The average molecular weight is 852 g/mol. The van der Waals surface area contributed by atoms with Crippen molar-refractivity contribution in [3.8, 4) is 22.6 Å². The van der Waals surface area contributed by atoms with Gasteiger partial charge in [-0.2, -0.15) is 17.6 Å². The largest absolute Gasteiger partial charge is 0.573 e. The molecule has 0 aliphatic heterocycles. The number of halogens is 13. The zero-order valence-electron chi connectivity index (χ0n) is 25.0. The summed E-state index contributed by atoms with van der Waals surface area (Å²) in [5.74, 6) is -2.12. The van der Waals surface area contributed by atoms with Gasteiger partial charge in [-0.15, -0.1) is 46.7 Å². The van der Waals surface area contributed by atoms with E-state index in [-0.39, 0.29) is 16.9 Å². The number of nitrogens with zero attached hydrogens (tertiary/aromatic N) is 6. The Labute approximate surface area is 302 Å². The van der Waals surface area contributed by atoms with Crippen molar-refractivity contribution < 1.29 is 63.4 Å². The molecule has 0 amide bonds. The Morgan fingerprint density at radius 3 is 1.38 bits per heavy atom. The molecule has 52 heavy (non-hydrogen) atoms. The number of pyridine rings is 2. The fourth-order valence-electron chi connectivity index (χ4n) is 4.00. The molecule has 0 atom stereocenters. The molecule has 4 heterocycles. The van der Waals surface area contributed by atoms with Crippen LogP contribution in [-0.2, 0) is 10.8 Å². The molecule has 0 aliphatic carbocycles. The van der Waals surface area contributed by atoms with Crippen LogP contribution in [0.2, 0.25) is 0 Å². The van der Waals surface area contributed by atoms with Crippen LogP contribution < -0.4 is 14.9 Å². The van der Waals surface area contributed by atoms with Crippen LogP contribution in [0.4, 0.5) is 43.9 Å². The number of benzene rings is 2. The summed E-state index contributed by atoms with van der Waals surface area (Å²) >= 11 is 13.0. The van der Waals surface area contributed by atoms with Crippen molar-refractivity contribution in [3.05, 3.63) is 101 Å². The second-order valence-electron chi connectivity index (χ2n) is 9.83. The quantitative estimate of drug-likeness (QED) is 0.0999. The number of hydrogen-bond donors (Lipinski definition) is 2. The van der Waals surface area contributed by atoms with E-state index in [2.05, 4.69) is 45.8 Å². The predicted octanol–water partition coefficient (Wildman–Crippen LogP) is 7.63. The molecule has 0 saturated carbocycles. The van der Waals surface area contributed by atoms with E-state index < -0.39 is 48.0 Å². The van der Waals surface area contributed by atoms with Crippen molar-refractivity contribution in [2.75, 3.05) is 0 Å². The van der Waals surface area contributed by atoms with Gasteiger partial charge in [0, 0.05) is 16.9 Å². The van der Waals surface area contributed by atoms with Gasteiger partial charge in [0.15, 0.2) is 11.3 Å². The van der Waals surface area contributed by atoms with Crippen molar-refractivity contribution in [1.82, 2.24) is 29.2 Å². The van der Waals surface area contributed by atoms with Crippen LogP contribution in [-0.4, -0.2) is 59.1 Å². The van der Waals surface area contributed by atoms with Crippen molar-refractivity contribution in [1.29, 1.82) is 0 Å². The maximum Gasteiger partial charge on any atom is 0.573 e. The molecule has 24 heteroatoms. The average Bonchev–Trinajstić information content (AvgIpc) is 3.65. The van der Waals surface area contributed by atoms with Crippen molar-refractivity contribution in [2.24, 2.45) is 0 Å². The van der Waals surface area contributed by atoms with Gasteiger partial charge in [-0.3, -0.25) is 8.80 Å². The lowest BCUT2D eigenvalue weighted by Gasteiger charge is -2.10. The first-order valence-corrected chi connectivity index (χ1v) is 15.1. The highest BCUT2D eigenvalue weighted by Gasteiger charge is 2.35. The molecule has 2 N–H and O–H groups in total. The second-order valence-corrected chi connectivity index (χ2v) is 11.7. The first-order valence-electron chi connectivity index (χ1n) is 13.6. The molecule has 0 saturated heterocycles. The Balaban J connectivity index is 0.000000186. The minimum absolute atomic E-state index is 0.0968. The van der Waals surface area contributed by atoms with Gasteiger partial charge in [0.2, 0.25) is 11.6 Å². The third-order valence-electron chi connectivity index (χ3n) is 6.11. The van der Waals surface area contributed by atoms with Crippen LogP contribution in [0.15, 0.2) is 89.7 Å². The van der Waals surface area contributed by atoms with Crippen molar-refractivity contribution in [2.45, 2.75) is 23.5 Å². The van der Waals surface area contributed by atoms with E-state index in [1.807, 2.05) is 0 Å². The number of fused-ring (bicyclic) bond motifs is 2. The summed E-state index contributed by atoms with van der Waals surface area (Å²) in [7, 11) is -1.70. The van der Waals surface area contributed by atoms with Gasteiger partial charge in [0.25, 0.3) is 0 Å². The summed E-state index contributed by atoms with van der Waals surface area (Å²) in [6, 6.07) is 15.5. The molecule has 6 rings (SSSR count). The van der Waals surface area contributed by atoms with Crippen LogP contribution in [0.25, 0.3) is 22.4 Å². The lowest BCUT2D eigenvalue weighted by molar-refractivity contribution is -0.275. The highest BCUT2D eigenvalue weighted by atomic mass is 79.9. The van der Waals surface area contributed by atoms with E-state index in [9.17, 15) is 43.9 Å². The Morgan fingerprint density at radius 1 is 0.558 bits per heavy atom. The maximum atomic E-state index is 13.3. The van der Waals surface area contributed by atoms with Crippen molar-refractivity contribution in [3.63, 3.8) is 0 Å². The van der Waals surface area contributed by atoms with E-state index in [1.165, 1.54) is 30.6 Å². The van der Waals surface area contributed by atoms with Crippen LogP contribution >= 0.6 is 39.1 Å². The summed E-state index contributed by atoms with van der Waals surface area (Å²) in [5.41, 5.74) is 1.53. The summed E-state index contributed by atoms with van der Waals surface area (Å²) in [5, 5.41) is 23.9. The van der Waals surface area contributed by atoms with Gasteiger partial charge in [0.1, 0.15) is 11.5 Å². The van der Waals surface area contributed by atoms with Crippen LogP contribution in [0.5, 0.6) is 11.5 Å². The number of alkyl halides is 12. The number of aromatic nitrogens is 6. The molecule has 0 radical (unpaired) electrons. The molecule has 0 aliphatic rings. The fourth-order valence-corrected chi connectivity index (χ4v) is 4.60. The topological polar surface area (TPSA) is 119 Å². The molecule has 10 nitrogen and oxygen atoms in total. The van der Waals surface area contributed by atoms with E-state index in [1.54, 1.807) is 18.2 Å². The normalized spacial score (nSPS) is 12.1. The Bertz CT molecular complexity index is 2110. The SMILES string of the molecule is FC(F)(Cl)c1nnc2ccc(Br)cn12.FC(F)(F)Oc1ccc(-c2ccc3nnc(C(F)(F)Cl)n3c2)cc1.OB(O)c1ccc(OC(F)(F)F)cc1. The zero-order valence-corrected chi connectivity index (χ0v) is 28.1.